The third-order valence-corrected chi connectivity index (χ3v) is 6.67. The molecule has 2 amide bonds. The average molecular weight is 411 g/mol. The first-order valence-corrected chi connectivity index (χ1v) is 10.1. The number of piperidine rings is 2. The van der Waals surface area contributed by atoms with Crippen LogP contribution in [0.5, 0.6) is 5.75 Å². The molecule has 1 saturated carbocycles. The lowest BCUT2D eigenvalue weighted by molar-refractivity contribution is -0.0328. The standard InChI is InChI=1S/C22H22FN3O4/c1-11-2-3-13(16(23)4-11)7-24-21(29)15-9-25-10-17-14-5-12(6-14)8-26(17)22(30)18(25)20(28)19(15)27/h2-4,9,12,14,17,28H,5-8,10H2,1H3,(H,24,29). The summed E-state index contributed by atoms with van der Waals surface area (Å²) in [7, 11) is 0. The summed E-state index contributed by atoms with van der Waals surface area (Å²) < 4.78 is 15.5. The highest BCUT2D eigenvalue weighted by atomic mass is 19.1. The predicted octanol–water partition coefficient (Wildman–Crippen LogP) is 1.80. The van der Waals surface area contributed by atoms with Crippen LogP contribution in [-0.4, -0.2) is 39.0 Å². The Morgan fingerprint density at radius 2 is 2.03 bits per heavy atom. The number of aromatic nitrogens is 1. The smallest absolute Gasteiger partial charge is 0.274 e. The van der Waals surface area contributed by atoms with E-state index in [1.807, 2.05) is 0 Å². The first kappa shape index (κ1) is 18.8. The lowest BCUT2D eigenvalue weighted by atomic mass is 9.66. The van der Waals surface area contributed by atoms with Crippen LogP contribution < -0.4 is 10.7 Å². The maximum absolute atomic E-state index is 14.0. The Morgan fingerprint density at radius 3 is 2.77 bits per heavy atom. The number of nitrogens with one attached hydrogen (secondary N) is 1. The summed E-state index contributed by atoms with van der Waals surface area (Å²) in [5, 5.41) is 13.0. The quantitative estimate of drug-likeness (QED) is 0.806. The zero-order chi connectivity index (χ0) is 21.2. The van der Waals surface area contributed by atoms with Gasteiger partial charge in [0, 0.05) is 31.4 Å². The number of aromatic hydroxyl groups is 1. The molecule has 6 rings (SSSR count). The molecule has 2 N–H and O–H groups in total. The number of pyridine rings is 1. The maximum Gasteiger partial charge on any atom is 0.274 e. The van der Waals surface area contributed by atoms with Gasteiger partial charge < -0.3 is 19.9 Å². The number of carbonyl (C=O) groups is 2. The van der Waals surface area contributed by atoms with Gasteiger partial charge in [0.2, 0.25) is 5.43 Å². The molecule has 2 aromatic rings. The molecule has 1 aromatic heterocycles. The van der Waals surface area contributed by atoms with Crippen molar-refractivity contribution in [3.63, 3.8) is 0 Å². The van der Waals surface area contributed by atoms with E-state index in [0.717, 1.165) is 18.4 Å². The lowest BCUT2D eigenvalue weighted by Crippen LogP contribution is -2.62. The minimum absolute atomic E-state index is 0.0227. The summed E-state index contributed by atoms with van der Waals surface area (Å²) >= 11 is 0. The Balaban J connectivity index is 1.43. The third kappa shape index (κ3) is 2.81. The number of benzene rings is 1. The number of aryl methyl sites for hydroxylation is 1. The largest absolute Gasteiger partial charge is 0.503 e. The van der Waals surface area contributed by atoms with Crippen molar-refractivity contribution in [1.82, 2.24) is 14.8 Å². The third-order valence-electron chi connectivity index (χ3n) is 6.67. The topological polar surface area (TPSA) is 91.6 Å². The number of fused-ring (bicyclic) bond motifs is 1. The van der Waals surface area contributed by atoms with E-state index in [4.69, 9.17) is 0 Å². The molecule has 1 aliphatic carbocycles. The molecule has 2 saturated heterocycles. The number of amides is 2. The van der Waals surface area contributed by atoms with E-state index in [2.05, 4.69) is 5.32 Å². The Hall–Kier alpha value is -3.16. The zero-order valence-electron chi connectivity index (χ0n) is 16.5. The Bertz CT molecular complexity index is 1140. The molecular weight excluding hydrogens is 389 g/mol. The van der Waals surface area contributed by atoms with Gasteiger partial charge in [0.25, 0.3) is 11.8 Å². The number of halogens is 1. The van der Waals surface area contributed by atoms with Gasteiger partial charge in [-0.1, -0.05) is 12.1 Å². The molecule has 0 radical (unpaired) electrons. The van der Waals surface area contributed by atoms with E-state index < -0.39 is 22.9 Å². The number of nitrogens with zero attached hydrogens (tertiary/aromatic N) is 2. The van der Waals surface area contributed by atoms with Crippen LogP contribution in [0.4, 0.5) is 4.39 Å². The molecule has 2 bridgehead atoms. The van der Waals surface area contributed by atoms with Gasteiger partial charge in [-0.2, -0.15) is 0 Å². The van der Waals surface area contributed by atoms with Crippen LogP contribution in [0.2, 0.25) is 0 Å². The molecule has 0 spiro atoms. The molecule has 3 fully saturated rings. The zero-order valence-corrected chi connectivity index (χ0v) is 16.5. The Morgan fingerprint density at radius 1 is 1.27 bits per heavy atom. The number of carbonyl (C=O) groups excluding carboxylic acids is 2. The van der Waals surface area contributed by atoms with Gasteiger partial charge in [-0.05, 0) is 43.2 Å². The normalized spacial score (nSPS) is 24.0. The van der Waals surface area contributed by atoms with Gasteiger partial charge in [0.15, 0.2) is 11.4 Å². The molecule has 1 aromatic carbocycles. The Kier molecular flexibility index (Phi) is 4.20. The highest BCUT2D eigenvalue weighted by Crippen LogP contribution is 2.46. The molecule has 30 heavy (non-hydrogen) atoms. The average Bonchev–Trinajstić information content (AvgIpc) is 2.68. The van der Waals surface area contributed by atoms with E-state index in [1.165, 1.54) is 16.8 Å². The summed E-state index contributed by atoms with van der Waals surface area (Å²) in [5.41, 5.74) is -0.147. The van der Waals surface area contributed by atoms with Gasteiger partial charge in [0.05, 0.1) is 6.04 Å². The van der Waals surface area contributed by atoms with Crippen molar-refractivity contribution in [2.75, 3.05) is 6.54 Å². The highest BCUT2D eigenvalue weighted by molar-refractivity contribution is 5.99. The van der Waals surface area contributed by atoms with Gasteiger partial charge in [-0.25, -0.2) is 4.39 Å². The van der Waals surface area contributed by atoms with Crippen LogP contribution in [-0.2, 0) is 13.1 Å². The Labute approximate surface area is 172 Å². The van der Waals surface area contributed by atoms with Crippen molar-refractivity contribution in [2.45, 2.75) is 38.9 Å². The van der Waals surface area contributed by atoms with Gasteiger partial charge >= 0.3 is 0 Å². The van der Waals surface area contributed by atoms with Gasteiger partial charge in [-0.15, -0.1) is 0 Å². The monoisotopic (exact) mass is 411 g/mol. The molecule has 8 heteroatoms. The van der Waals surface area contributed by atoms with E-state index in [0.29, 0.717) is 30.5 Å². The summed E-state index contributed by atoms with van der Waals surface area (Å²) in [6.45, 7) is 2.77. The van der Waals surface area contributed by atoms with Gasteiger partial charge in [-0.3, -0.25) is 14.4 Å². The molecule has 3 aliphatic heterocycles. The first-order chi connectivity index (χ1) is 14.3. The summed E-state index contributed by atoms with van der Waals surface area (Å²) in [4.78, 5) is 39.9. The molecule has 7 nitrogen and oxygen atoms in total. The van der Waals surface area contributed by atoms with E-state index in [-0.39, 0.29) is 29.8 Å². The van der Waals surface area contributed by atoms with Crippen molar-refractivity contribution in [1.29, 1.82) is 0 Å². The molecule has 4 aliphatic rings. The van der Waals surface area contributed by atoms with Crippen LogP contribution >= 0.6 is 0 Å². The SMILES string of the molecule is Cc1ccc(CNC(=O)c2cn3c(c(O)c2=O)C(=O)N2CC4CC(C4)C2C3)c(F)c1. The second-order valence-corrected chi connectivity index (χ2v) is 8.62. The molecule has 156 valence electrons. The van der Waals surface area contributed by atoms with Crippen molar-refractivity contribution in [2.24, 2.45) is 11.8 Å². The molecule has 1 atom stereocenters. The lowest BCUT2D eigenvalue weighted by Gasteiger charge is -2.55. The maximum atomic E-state index is 14.0. The summed E-state index contributed by atoms with van der Waals surface area (Å²) in [5.74, 6) is -1.29. The van der Waals surface area contributed by atoms with E-state index >= 15 is 0 Å². The van der Waals surface area contributed by atoms with Crippen LogP contribution in [0.3, 0.4) is 0 Å². The van der Waals surface area contributed by atoms with Crippen LogP contribution in [0.25, 0.3) is 0 Å². The minimum atomic E-state index is -0.892. The fraction of sp³-hybridized carbons (Fsp3) is 0.409. The number of rotatable bonds is 3. The molecular formula is C22H22FN3O4. The van der Waals surface area contributed by atoms with E-state index in [1.54, 1.807) is 24.0 Å². The summed E-state index contributed by atoms with van der Waals surface area (Å²) in [6, 6.07) is 4.70. The second kappa shape index (κ2) is 6.68. The predicted molar refractivity (Wildman–Crippen MR) is 106 cm³/mol. The number of hydrogen-bond acceptors (Lipinski definition) is 4. The second-order valence-electron chi connectivity index (χ2n) is 8.62. The number of hydrogen-bond donors (Lipinski definition) is 2. The van der Waals surface area contributed by atoms with Crippen LogP contribution in [0, 0.1) is 24.6 Å². The summed E-state index contributed by atoms with van der Waals surface area (Å²) in [6.07, 6.45) is 3.52. The van der Waals surface area contributed by atoms with Crippen molar-refractivity contribution >= 4 is 11.8 Å². The van der Waals surface area contributed by atoms with Crippen molar-refractivity contribution < 1.29 is 19.1 Å². The molecule has 4 heterocycles. The highest BCUT2D eigenvalue weighted by Gasteiger charge is 2.49. The first-order valence-electron chi connectivity index (χ1n) is 10.1. The van der Waals surface area contributed by atoms with Gasteiger partial charge in [0.1, 0.15) is 11.4 Å². The molecule has 1 unspecified atom stereocenters. The fourth-order valence-corrected chi connectivity index (χ4v) is 4.98. The van der Waals surface area contributed by atoms with Crippen molar-refractivity contribution in [3.05, 3.63) is 62.8 Å². The van der Waals surface area contributed by atoms with E-state index in [9.17, 15) is 23.9 Å². The van der Waals surface area contributed by atoms with Crippen LogP contribution in [0.15, 0.2) is 29.2 Å². The van der Waals surface area contributed by atoms with Crippen LogP contribution in [0.1, 0.15) is 44.8 Å². The van der Waals surface area contributed by atoms with Crippen molar-refractivity contribution in [3.8, 4) is 5.75 Å². The minimum Gasteiger partial charge on any atom is -0.503 e. The fourth-order valence-electron chi connectivity index (χ4n) is 4.98.